The molecule has 2 heterocycles. The third-order valence-electron chi connectivity index (χ3n) is 5.48. The Hall–Kier alpha value is -3.15. The predicted molar refractivity (Wildman–Crippen MR) is 130 cm³/mol. The molecular formula is C27H27ClN2O3. The fourth-order valence-electron chi connectivity index (χ4n) is 3.68. The summed E-state index contributed by atoms with van der Waals surface area (Å²) < 4.78 is 11.5. The minimum atomic E-state index is -0.0996. The molecular weight excluding hydrogens is 436 g/mol. The van der Waals surface area contributed by atoms with Crippen molar-refractivity contribution in [2.75, 3.05) is 13.2 Å². The molecule has 1 aliphatic rings. The Balaban J connectivity index is 1.43. The van der Waals surface area contributed by atoms with Crippen molar-refractivity contribution in [3.8, 4) is 5.75 Å². The molecule has 1 saturated heterocycles. The number of carbonyl (C=O) groups is 1. The molecule has 0 radical (unpaired) electrons. The first kappa shape index (κ1) is 23.0. The molecule has 170 valence electrons. The maximum Gasteiger partial charge on any atom is 0.247 e. The number of halogens is 1. The van der Waals surface area contributed by atoms with E-state index in [1.54, 1.807) is 29.4 Å². The van der Waals surface area contributed by atoms with E-state index in [1.807, 2.05) is 60.7 Å². The van der Waals surface area contributed by atoms with Crippen LogP contribution in [-0.2, 0) is 22.6 Å². The number of benzene rings is 2. The molecule has 1 aromatic heterocycles. The van der Waals surface area contributed by atoms with Crippen molar-refractivity contribution >= 4 is 23.6 Å². The number of hydrogen-bond donors (Lipinski definition) is 0. The first-order valence-electron chi connectivity index (χ1n) is 11.1. The maximum absolute atomic E-state index is 13.1. The normalized spacial score (nSPS) is 15.6. The van der Waals surface area contributed by atoms with Crippen LogP contribution in [0.4, 0.5) is 0 Å². The average molecular weight is 463 g/mol. The molecule has 1 aliphatic heterocycles. The van der Waals surface area contributed by atoms with Crippen LogP contribution in [0.1, 0.15) is 29.5 Å². The number of hydrogen-bond acceptors (Lipinski definition) is 4. The van der Waals surface area contributed by atoms with E-state index in [0.29, 0.717) is 24.7 Å². The second-order valence-corrected chi connectivity index (χ2v) is 8.41. The lowest BCUT2D eigenvalue weighted by molar-refractivity contribution is -0.127. The summed E-state index contributed by atoms with van der Waals surface area (Å²) in [6, 6.07) is 19.2. The van der Waals surface area contributed by atoms with Crippen molar-refractivity contribution in [2.45, 2.75) is 32.0 Å². The molecule has 0 bridgehead atoms. The highest BCUT2D eigenvalue weighted by molar-refractivity contribution is 6.32. The van der Waals surface area contributed by atoms with Crippen LogP contribution in [0.25, 0.3) is 6.08 Å². The highest BCUT2D eigenvalue weighted by atomic mass is 35.5. The van der Waals surface area contributed by atoms with Gasteiger partial charge in [-0.2, -0.15) is 0 Å². The number of pyridine rings is 1. The SMILES string of the molecule is O=C(C=Cc1ccccc1Cl)N(Cc1ccc(OCC2CCCO2)cc1)Cc1cccnc1. The molecule has 0 spiro atoms. The zero-order valence-corrected chi connectivity index (χ0v) is 19.2. The quantitative estimate of drug-likeness (QED) is 0.392. The minimum Gasteiger partial charge on any atom is -0.491 e. The summed E-state index contributed by atoms with van der Waals surface area (Å²) in [5, 5.41) is 0.610. The Kier molecular flexibility index (Phi) is 8.12. The van der Waals surface area contributed by atoms with E-state index >= 15 is 0 Å². The lowest BCUT2D eigenvalue weighted by atomic mass is 10.1. The molecule has 0 saturated carbocycles. The number of carbonyl (C=O) groups excluding carboxylic acids is 1. The summed E-state index contributed by atoms with van der Waals surface area (Å²) in [7, 11) is 0. The van der Waals surface area contributed by atoms with Gasteiger partial charge in [0.05, 0.1) is 6.10 Å². The summed E-state index contributed by atoms with van der Waals surface area (Å²) in [6.45, 7) is 2.31. The van der Waals surface area contributed by atoms with Crippen LogP contribution in [0.5, 0.6) is 5.75 Å². The first-order valence-corrected chi connectivity index (χ1v) is 11.5. The third kappa shape index (κ3) is 6.91. The van der Waals surface area contributed by atoms with Gasteiger partial charge in [-0.1, -0.05) is 48.0 Å². The average Bonchev–Trinajstić information content (AvgIpc) is 3.37. The molecule has 5 nitrogen and oxygen atoms in total. The molecule has 0 N–H and O–H groups in total. The van der Waals surface area contributed by atoms with Gasteiger partial charge in [0.15, 0.2) is 0 Å². The molecule has 0 aliphatic carbocycles. The van der Waals surface area contributed by atoms with E-state index in [-0.39, 0.29) is 12.0 Å². The predicted octanol–water partition coefficient (Wildman–Crippen LogP) is 5.54. The fraction of sp³-hybridized carbons (Fsp3) is 0.259. The van der Waals surface area contributed by atoms with Gasteiger partial charge in [0.1, 0.15) is 12.4 Å². The Labute approximate surface area is 199 Å². The molecule has 4 rings (SSSR count). The summed E-state index contributed by atoms with van der Waals surface area (Å²) in [6.07, 6.45) is 9.15. The molecule has 1 unspecified atom stereocenters. The van der Waals surface area contributed by atoms with Gasteiger partial charge in [-0.3, -0.25) is 9.78 Å². The minimum absolute atomic E-state index is 0.0996. The largest absolute Gasteiger partial charge is 0.491 e. The molecule has 3 aromatic rings. The lowest BCUT2D eigenvalue weighted by Gasteiger charge is -2.22. The van der Waals surface area contributed by atoms with Crippen LogP contribution in [0.2, 0.25) is 5.02 Å². The van der Waals surface area contributed by atoms with Crippen LogP contribution in [-0.4, -0.2) is 35.1 Å². The standard InChI is InChI=1S/C27H27ClN2O3/c28-26-8-2-1-6-23(26)11-14-27(31)30(19-22-5-3-15-29-17-22)18-21-9-12-24(13-10-21)33-20-25-7-4-16-32-25/h1-3,5-6,8-15,17,25H,4,7,16,18-20H2. The summed E-state index contributed by atoms with van der Waals surface area (Å²) in [5.41, 5.74) is 2.79. The van der Waals surface area contributed by atoms with Crippen LogP contribution in [0.3, 0.4) is 0 Å². The smallest absolute Gasteiger partial charge is 0.247 e. The second-order valence-electron chi connectivity index (χ2n) is 8.00. The zero-order valence-electron chi connectivity index (χ0n) is 18.4. The molecule has 1 amide bonds. The monoisotopic (exact) mass is 462 g/mol. The van der Waals surface area contributed by atoms with Crippen molar-refractivity contribution in [3.05, 3.63) is 101 Å². The van der Waals surface area contributed by atoms with Gasteiger partial charge in [-0.15, -0.1) is 0 Å². The molecule has 33 heavy (non-hydrogen) atoms. The van der Waals surface area contributed by atoms with Gasteiger partial charge < -0.3 is 14.4 Å². The van der Waals surface area contributed by atoms with Gasteiger partial charge >= 0.3 is 0 Å². The number of ether oxygens (including phenoxy) is 2. The summed E-state index contributed by atoms with van der Waals surface area (Å²) in [5.74, 6) is 0.704. The Morgan fingerprint density at radius 2 is 1.91 bits per heavy atom. The van der Waals surface area contributed by atoms with Crippen molar-refractivity contribution in [2.24, 2.45) is 0 Å². The first-order chi connectivity index (χ1) is 16.2. The van der Waals surface area contributed by atoms with E-state index < -0.39 is 0 Å². The number of nitrogens with zero attached hydrogens (tertiary/aromatic N) is 2. The number of aromatic nitrogens is 1. The van der Waals surface area contributed by atoms with E-state index in [1.165, 1.54) is 0 Å². The lowest BCUT2D eigenvalue weighted by Crippen LogP contribution is -2.28. The third-order valence-corrected chi connectivity index (χ3v) is 5.82. The Bertz CT molecular complexity index is 1060. The van der Waals surface area contributed by atoms with Gasteiger partial charge in [-0.25, -0.2) is 0 Å². The van der Waals surface area contributed by atoms with Crippen molar-refractivity contribution in [1.82, 2.24) is 9.88 Å². The van der Waals surface area contributed by atoms with Crippen molar-refractivity contribution in [1.29, 1.82) is 0 Å². The highest BCUT2D eigenvalue weighted by Crippen LogP contribution is 2.19. The Morgan fingerprint density at radius 1 is 1.09 bits per heavy atom. The van der Waals surface area contributed by atoms with E-state index in [4.69, 9.17) is 21.1 Å². The highest BCUT2D eigenvalue weighted by Gasteiger charge is 2.16. The van der Waals surface area contributed by atoms with E-state index in [9.17, 15) is 4.79 Å². The Morgan fingerprint density at radius 3 is 2.64 bits per heavy atom. The number of rotatable bonds is 9. The maximum atomic E-state index is 13.1. The topological polar surface area (TPSA) is 51.7 Å². The van der Waals surface area contributed by atoms with Gasteiger partial charge in [0.25, 0.3) is 0 Å². The van der Waals surface area contributed by atoms with Crippen LogP contribution >= 0.6 is 11.6 Å². The summed E-state index contributed by atoms with van der Waals surface area (Å²) in [4.78, 5) is 19.0. The van der Waals surface area contributed by atoms with Crippen LogP contribution in [0, 0.1) is 0 Å². The van der Waals surface area contributed by atoms with Crippen molar-refractivity contribution < 1.29 is 14.3 Å². The van der Waals surface area contributed by atoms with Gasteiger partial charge in [0, 0.05) is 43.2 Å². The van der Waals surface area contributed by atoms with E-state index in [0.717, 1.165) is 41.9 Å². The number of amides is 1. The van der Waals surface area contributed by atoms with Gasteiger partial charge in [-0.05, 0) is 59.9 Å². The molecule has 2 aromatic carbocycles. The molecule has 1 fully saturated rings. The second kappa shape index (κ2) is 11.6. The summed E-state index contributed by atoms with van der Waals surface area (Å²) >= 11 is 6.22. The van der Waals surface area contributed by atoms with Gasteiger partial charge in [0.2, 0.25) is 5.91 Å². The van der Waals surface area contributed by atoms with Crippen molar-refractivity contribution in [3.63, 3.8) is 0 Å². The zero-order chi connectivity index (χ0) is 22.9. The molecule has 1 atom stereocenters. The fourth-order valence-corrected chi connectivity index (χ4v) is 3.88. The van der Waals surface area contributed by atoms with Crippen LogP contribution in [0.15, 0.2) is 79.1 Å². The van der Waals surface area contributed by atoms with E-state index in [2.05, 4.69) is 4.98 Å². The molecule has 6 heteroatoms. The van der Waals surface area contributed by atoms with Crippen LogP contribution < -0.4 is 4.74 Å².